The Bertz CT molecular complexity index is 1080. The molecule has 0 bridgehead atoms. The van der Waals surface area contributed by atoms with Gasteiger partial charge in [-0.3, -0.25) is 9.59 Å². The Morgan fingerprint density at radius 2 is 1.88 bits per heavy atom. The SMILES string of the molecule is CCC1(CC)O[C@H]2[C@H](OC[C@H](NCCCCCn3ccc(=O)n(CO)c3=O)C(=O)OC(C)(C)C)O[C@H](CN)[C@H]2O1. The third kappa shape index (κ3) is 7.99. The van der Waals surface area contributed by atoms with Gasteiger partial charge in [-0.1, -0.05) is 20.3 Å². The third-order valence-corrected chi connectivity index (χ3v) is 7.14. The molecule has 0 saturated carbocycles. The van der Waals surface area contributed by atoms with Crippen molar-refractivity contribution in [2.45, 2.75) is 122 Å². The maximum Gasteiger partial charge on any atom is 0.332 e. The first-order chi connectivity index (χ1) is 19.0. The Hall–Kier alpha value is -2.13. The number of aliphatic hydroxyl groups is 1. The third-order valence-electron chi connectivity index (χ3n) is 7.14. The van der Waals surface area contributed by atoms with Crippen LogP contribution in [0.25, 0.3) is 0 Å². The number of hydrogen-bond donors (Lipinski definition) is 3. The lowest BCUT2D eigenvalue weighted by Gasteiger charge is -2.29. The van der Waals surface area contributed by atoms with Gasteiger partial charge in [-0.2, -0.15) is 0 Å². The Morgan fingerprint density at radius 3 is 2.50 bits per heavy atom. The number of nitrogens with zero attached hydrogens (tertiary/aromatic N) is 2. The van der Waals surface area contributed by atoms with Gasteiger partial charge in [-0.25, -0.2) is 9.36 Å². The van der Waals surface area contributed by atoms with Gasteiger partial charge >= 0.3 is 11.7 Å². The zero-order valence-electron chi connectivity index (χ0n) is 24.3. The second kappa shape index (κ2) is 14.2. The highest BCUT2D eigenvalue weighted by molar-refractivity contribution is 5.76. The summed E-state index contributed by atoms with van der Waals surface area (Å²) in [5.41, 5.74) is 4.17. The monoisotopic (exact) mass is 570 g/mol. The van der Waals surface area contributed by atoms with Crippen molar-refractivity contribution < 1.29 is 33.6 Å². The van der Waals surface area contributed by atoms with Gasteiger partial charge in [0.05, 0.1) is 6.61 Å². The Balaban J connectivity index is 1.54. The van der Waals surface area contributed by atoms with Crippen molar-refractivity contribution >= 4 is 5.97 Å². The lowest BCUT2D eigenvalue weighted by atomic mass is 10.1. The van der Waals surface area contributed by atoms with Crippen molar-refractivity contribution in [1.29, 1.82) is 0 Å². The maximum absolute atomic E-state index is 13.0. The van der Waals surface area contributed by atoms with E-state index in [0.29, 0.717) is 32.4 Å². The van der Waals surface area contributed by atoms with Crippen LogP contribution in [0.1, 0.15) is 66.7 Å². The minimum Gasteiger partial charge on any atom is -0.459 e. The largest absolute Gasteiger partial charge is 0.459 e. The van der Waals surface area contributed by atoms with Crippen LogP contribution >= 0.6 is 0 Å². The topological polar surface area (TPSA) is 166 Å². The number of aryl methyl sites for hydroxylation is 1. The molecule has 3 rings (SSSR count). The number of fused-ring (bicyclic) bond motifs is 1. The summed E-state index contributed by atoms with van der Waals surface area (Å²) in [6, 6.07) is 0.516. The van der Waals surface area contributed by atoms with Crippen LogP contribution in [-0.2, 0) is 41.8 Å². The van der Waals surface area contributed by atoms with Crippen LogP contribution in [0.3, 0.4) is 0 Å². The average Bonchev–Trinajstić information content (AvgIpc) is 3.44. The number of aliphatic hydroxyl groups excluding tert-OH is 1. The number of ether oxygens (including phenoxy) is 5. The summed E-state index contributed by atoms with van der Waals surface area (Å²) >= 11 is 0. The number of carbonyl (C=O) groups is 1. The molecule has 1 aromatic rings. The zero-order valence-corrected chi connectivity index (χ0v) is 24.3. The number of aromatic nitrogens is 2. The Labute approximate surface area is 234 Å². The van der Waals surface area contributed by atoms with Crippen LogP contribution in [-0.4, -0.2) is 81.9 Å². The highest BCUT2D eigenvalue weighted by Crippen LogP contribution is 2.42. The van der Waals surface area contributed by atoms with Crippen molar-refractivity contribution in [3.63, 3.8) is 0 Å². The molecule has 3 heterocycles. The van der Waals surface area contributed by atoms with E-state index in [1.807, 2.05) is 13.8 Å². The Morgan fingerprint density at radius 1 is 1.18 bits per heavy atom. The first-order valence-electron chi connectivity index (χ1n) is 14.2. The first kappa shape index (κ1) is 32.4. The van der Waals surface area contributed by atoms with Crippen molar-refractivity contribution in [2.75, 3.05) is 19.7 Å². The maximum atomic E-state index is 13.0. The van der Waals surface area contributed by atoms with Crippen LogP contribution in [0.2, 0.25) is 0 Å². The van der Waals surface area contributed by atoms with Crippen molar-refractivity contribution in [3.8, 4) is 0 Å². The molecule has 0 spiro atoms. The molecule has 40 heavy (non-hydrogen) atoms. The number of hydrogen-bond acceptors (Lipinski definition) is 11. The van der Waals surface area contributed by atoms with Crippen molar-refractivity contribution in [2.24, 2.45) is 5.73 Å². The molecule has 0 aliphatic carbocycles. The van der Waals surface area contributed by atoms with Crippen LogP contribution in [0.5, 0.6) is 0 Å². The van der Waals surface area contributed by atoms with Gasteiger partial charge in [0.25, 0.3) is 5.56 Å². The van der Waals surface area contributed by atoms with Crippen molar-refractivity contribution in [3.05, 3.63) is 33.1 Å². The molecule has 0 unspecified atom stereocenters. The number of esters is 1. The first-order valence-corrected chi connectivity index (χ1v) is 14.2. The molecule has 2 aliphatic heterocycles. The molecular weight excluding hydrogens is 524 g/mol. The lowest BCUT2D eigenvalue weighted by molar-refractivity contribution is -0.248. The average molecular weight is 571 g/mol. The quantitative estimate of drug-likeness (QED) is 0.198. The van der Waals surface area contributed by atoms with Gasteiger partial charge in [-0.15, -0.1) is 0 Å². The van der Waals surface area contributed by atoms with Gasteiger partial charge in [0, 0.05) is 25.4 Å². The minimum absolute atomic E-state index is 0.00674. The number of nitrogens with two attached hydrogens (primary N) is 1. The van der Waals surface area contributed by atoms with E-state index in [1.54, 1.807) is 20.8 Å². The molecule has 13 nitrogen and oxygen atoms in total. The fraction of sp³-hybridized carbons (Fsp3) is 0.815. The molecule has 13 heteroatoms. The van der Waals surface area contributed by atoms with E-state index >= 15 is 0 Å². The predicted octanol–water partition coefficient (Wildman–Crippen LogP) is 0.431. The predicted molar refractivity (Wildman–Crippen MR) is 145 cm³/mol. The number of nitrogens with one attached hydrogen (secondary N) is 1. The number of rotatable bonds is 15. The Kier molecular flexibility index (Phi) is 11.5. The van der Waals surface area contributed by atoms with Crippen LogP contribution in [0, 0.1) is 0 Å². The van der Waals surface area contributed by atoms with Gasteiger partial charge in [-0.05, 0) is 53.0 Å². The van der Waals surface area contributed by atoms with E-state index < -0.39 is 53.8 Å². The molecule has 0 amide bonds. The normalized spacial score (nSPS) is 24.7. The molecule has 228 valence electrons. The number of unbranched alkanes of at least 4 members (excludes halogenated alkanes) is 2. The van der Waals surface area contributed by atoms with E-state index in [2.05, 4.69) is 5.32 Å². The smallest absolute Gasteiger partial charge is 0.332 e. The molecule has 0 radical (unpaired) electrons. The lowest BCUT2D eigenvalue weighted by Crippen LogP contribution is -2.46. The highest BCUT2D eigenvalue weighted by atomic mass is 16.8. The summed E-state index contributed by atoms with van der Waals surface area (Å²) < 4.78 is 32.3. The van der Waals surface area contributed by atoms with Crippen LogP contribution in [0.4, 0.5) is 0 Å². The van der Waals surface area contributed by atoms with Gasteiger partial charge in [0.1, 0.15) is 36.7 Å². The summed E-state index contributed by atoms with van der Waals surface area (Å²) in [5.74, 6) is -1.13. The summed E-state index contributed by atoms with van der Waals surface area (Å²) in [6.07, 6.45) is 3.06. The zero-order chi connectivity index (χ0) is 29.5. The van der Waals surface area contributed by atoms with E-state index in [-0.39, 0.29) is 25.4 Å². The second-order valence-corrected chi connectivity index (χ2v) is 11.2. The van der Waals surface area contributed by atoms with E-state index in [0.717, 1.165) is 17.4 Å². The van der Waals surface area contributed by atoms with Gasteiger partial charge in [0.2, 0.25) is 0 Å². The van der Waals surface area contributed by atoms with Crippen molar-refractivity contribution in [1.82, 2.24) is 14.5 Å². The summed E-state index contributed by atoms with van der Waals surface area (Å²) in [7, 11) is 0. The fourth-order valence-corrected chi connectivity index (χ4v) is 4.88. The van der Waals surface area contributed by atoms with Gasteiger partial charge in [0.15, 0.2) is 12.1 Å². The highest BCUT2D eigenvalue weighted by Gasteiger charge is 2.57. The standard InChI is InChI=1S/C27H46N4O9/c1-6-27(7-2)38-21-19(15-28)37-24(22(21)39-27)36-16-18(23(34)40-26(3,4)5)29-12-9-8-10-13-30-14-11-20(33)31(17-32)25(30)35/h11,14,18-19,21-22,24,29,32H,6-10,12-13,15-17,28H2,1-5H3/t18-,19+,21+,22+,24+/m0/s1. The molecule has 2 aliphatic rings. The van der Waals surface area contributed by atoms with Crippen LogP contribution < -0.4 is 22.3 Å². The van der Waals surface area contributed by atoms with E-state index in [9.17, 15) is 19.5 Å². The molecule has 1 aromatic heterocycles. The van der Waals surface area contributed by atoms with Crippen LogP contribution in [0.15, 0.2) is 21.9 Å². The molecule has 0 aromatic carbocycles. The minimum atomic E-state index is -0.738. The van der Waals surface area contributed by atoms with E-state index in [4.69, 9.17) is 29.4 Å². The molecule has 2 fully saturated rings. The molecular formula is C27H46N4O9. The molecule has 4 N–H and O–H groups in total. The summed E-state index contributed by atoms with van der Waals surface area (Å²) in [5, 5.41) is 12.5. The molecule has 2 saturated heterocycles. The fourth-order valence-electron chi connectivity index (χ4n) is 4.88. The van der Waals surface area contributed by atoms with E-state index in [1.165, 1.54) is 16.8 Å². The summed E-state index contributed by atoms with van der Waals surface area (Å²) in [4.78, 5) is 36.8. The second-order valence-electron chi connectivity index (χ2n) is 11.2. The number of carbonyl (C=O) groups excluding carboxylic acids is 1. The van der Waals surface area contributed by atoms with Gasteiger partial charge < -0.3 is 44.4 Å². The molecule has 5 atom stereocenters. The summed E-state index contributed by atoms with van der Waals surface area (Å²) in [6.45, 7) is 9.95.